The number of anilines is 1. The van der Waals surface area contributed by atoms with Crippen molar-refractivity contribution in [1.82, 2.24) is 10.2 Å². The van der Waals surface area contributed by atoms with Gasteiger partial charge in [0.1, 0.15) is 0 Å². The third kappa shape index (κ3) is 2.56. The Kier molecular flexibility index (Phi) is 3.24. The van der Waals surface area contributed by atoms with E-state index in [1.54, 1.807) is 6.07 Å². The van der Waals surface area contributed by atoms with E-state index in [1.165, 1.54) is 0 Å². The Labute approximate surface area is 83.1 Å². The maximum absolute atomic E-state index is 11.5. The van der Waals surface area contributed by atoms with E-state index in [2.05, 4.69) is 15.5 Å². The Balaban J connectivity index is 2.57. The fraction of sp³-hybridized carbons (Fsp3) is 0.556. The molecule has 0 radical (unpaired) electrons. The van der Waals surface area contributed by atoms with Crippen LogP contribution in [0.3, 0.4) is 0 Å². The van der Waals surface area contributed by atoms with Gasteiger partial charge in [0.2, 0.25) is 5.91 Å². The molecule has 1 atom stereocenters. The summed E-state index contributed by atoms with van der Waals surface area (Å²) in [6, 6.07) is 1.26. The van der Waals surface area contributed by atoms with E-state index in [9.17, 15) is 4.79 Å². The van der Waals surface area contributed by atoms with Crippen LogP contribution >= 0.6 is 0 Å². The summed E-state index contributed by atoms with van der Waals surface area (Å²) in [6.07, 6.45) is 0. The minimum atomic E-state index is -0.494. The average molecular weight is 196 g/mol. The van der Waals surface area contributed by atoms with Crippen molar-refractivity contribution < 1.29 is 4.79 Å². The van der Waals surface area contributed by atoms with Gasteiger partial charge in [0.15, 0.2) is 5.82 Å². The van der Waals surface area contributed by atoms with Crippen LogP contribution in [0.15, 0.2) is 6.07 Å². The molecule has 1 aromatic rings. The number of nitrogens with one attached hydrogen (secondary N) is 2. The summed E-state index contributed by atoms with van der Waals surface area (Å²) < 4.78 is 0. The van der Waals surface area contributed by atoms with Crippen LogP contribution in [0.2, 0.25) is 0 Å². The third-order valence-corrected chi connectivity index (χ3v) is 1.98. The molecule has 1 heterocycles. The predicted molar refractivity (Wildman–Crippen MR) is 54.8 cm³/mol. The Bertz CT molecular complexity index is 318. The summed E-state index contributed by atoms with van der Waals surface area (Å²) in [4.78, 5) is 11.5. The maximum atomic E-state index is 11.5. The molecule has 0 bridgehead atoms. The predicted octanol–water partition coefficient (Wildman–Crippen LogP) is 0.640. The number of nitrogens with two attached hydrogens (primary N) is 1. The van der Waals surface area contributed by atoms with Gasteiger partial charge in [-0.15, -0.1) is 0 Å². The van der Waals surface area contributed by atoms with Gasteiger partial charge in [-0.25, -0.2) is 0 Å². The number of rotatable bonds is 3. The lowest BCUT2D eigenvalue weighted by Crippen LogP contribution is -2.39. The zero-order valence-corrected chi connectivity index (χ0v) is 8.66. The smallest absolute Gasteiger partial charge is 0.242 e. The van der Waals surface area contributed by atoms with E-state index < -0.39 is 6.04 Å². The number of carbonyl (C=O) groups excluding carboxylic acids is 1. The molecule has 14 heavy (non-hydrogen) atoms. The van der Waals surface area contributed by atoms with Crippen molar-refractivity contribution in [3.63, 3.8) is 0 Å². The van der Waals surface area contributed by atoms with Gasteiger partial charge in [0.05, 0.1) is 6.04 Å². The van der Waals surface area contributed by atoms with E-state index >= 15 is 0 Å². The minimum Gasteiger partial charge on any atom is -0.320 e. The van der Waals surface area contributed by atoms with Crippen LogP contribution in [0.5, 0.6) is 0 Å². The zero-order valence-electron chi connectivity index (χ0n) is 8.66. The van der Waals surface area contributed by atoms with Crippen LogP contribution in [-0.4, -0.2) is 22.1 Å². The van der Waals surface area contributed by atoms with E-state index in [1.807, 2.05) is 20.8 Å². The van der Waals surface area contributed by atoms with Crippen LogP contribution in [0.25, 0.3) is 0 Å². The molecular weight excluding hydrogens is 180 g/mol. The fourth-order valence-corrected chi connectivity index (χ4v) is 0.994. The highest BCUT2D eigenvalue weighted by molar-refractivity contribution is 5.94. The minimum absolute atomic E-state index is 0.120. The molecular formula is C9H16N4O. The molecule has 78 valence electrons. The molecule has 4 N–H and O–H groups in total. The van der Waals surface area contributed by atoms with Gasteiger partial charge < -0.3 is 11.1 Å². The number of aromatic nitrogens is 2. The number of hydrogen-bond donors (Lipinski definition) is 3. The molecule has 0 fully saturated rings. The first-order valence-corrected chi connectivity index (χ1v) is 4.59. The summed E-state index contributed by atoms with van der Waals surface area (Å²) in [5, 5.41) is 9.26. The van der Waals surface area contributed by atoms with Crippen molar-refractivity contribution >= 4 is 11.7 Å². The van der Waals surface area contributed by atoms with Gasteiger partial charge >= 0.3 is 0 Å². The number of amides is 1. The van der Waals surface area contributed by atoms with Gasteiger partial charge in [0, 0.05) is 11.8 Å². The highest BCUT2D eigenvalue weighted by Crippen LogP contribution is 2.06. The number of aromatic amines is 1. The SMILES string of the molecule is Cc1cc(NC(=O)[C@H](N)C(C)C)n[nH]1. The molecule has 0 aromatic carbocycles. The van der Waals surface area contributed by atoms with Crippen molar-refractivity contribution in [3.8, 4) is 0 Å². The van der Waals surface area contributed by atoms with Crippen molar-refractivity contribution in [2.24, 2.45) is 11.7 Å². The lowest BCUT2D eigenvalue weighted by Gasteiger charge is -2.13. The molecule has 5 nitrogen and oxygen atoms in total. The molecule has 5 heteroatoms. The molecule has 0 aliphatic carbocycles. The Hall–Kier alpha value is -1.36. The number of H-pyrrole nitrogens is 1. The van der Waals surface area contributed by atoms with Crippen LogP contribution < -0.4 is 11.1 Å². The average Bonchev–Trinajstić information content (AvgIpc) is 2.49. The molecule has 0 unspecified atom stereocenters. The summed E-state index contributed by atoms with van der Waals surface area (Å²) in [5.41, 5.74) is 6.57. The third-order valence-electron chi connectivity index (χ3n) is 1.98. The van der Waals surface area contributed by atoms with Gasteiger partial charge in [-0.1, -0.05) is 13.8 Å². The largest absolute Gasteiger partial charge is 0.320 e. The second-order valence-electron chi connectivity index (χ2n) is 3.70. The first-order valence-electron chi connectivity index (χ1n) is 4.59. The molecule has 1 amide bonds. The second kappa shape index (κ2) is 4.23. The molecule has 0 spiro atoms. The standard InChI is InChI=1S/C9H16N4O/c1-5(2)8(10)9(14)11-7-4-6(3)12-13-7/h4-5,8H,10H2,1-3H3,(H2,11,12,13,14)/t8-/m1/s1. The summed E-state index contributed by atoms with van der Waals surface area (Å²) >= 11 is 0. The first kappa shape index (κ1) is 10.7. The lowest BCUT2D eigenvalue weighted by molar-refractivity contribution is -0.118. The summed E-state index contributed by atoms with van der Waals surface area (Å²) in [5.74, 6) is 0.435. The van der Waals surface area contributed by atoms with Gasteiger partial charge in [-0.05, 0) is 12.8 Å². The monoisotopic (exact) mass is 196 g/mol. The molecule has 0 aliphatic rings. The Morgan fingerprint density at radius 2 is 2.29 bits per heavy atom. The quantitative estimate of drug-likeness (QED) is 0.663. The highest BCUT2D eigenvalue weighted by atomic mass is 16.2. The Morgan fingerprint density at radius 1 is 1.64 bits per heavy atom. The van der Waals surface area contributed by atoms with Gasteiger partial charge in [-0.3, -0.25) is 9.89 Å². The van der Waals surface area contributed by atoms with Gasteiger partial charge in [-0.2, -0.15) is 5.10 Å². The number of nitrogens with zero attached hydrogens (tertiary/aromatic N) is 1. The first-order chi connectivity index (χ1) is 6.50. The van der Waals surface area contributed by atoms with Crippen LogP contribution in [-0.2, 0) is 4.79 Å². The molecule has 0 saturated carbocycles. The zero-order chi connectivity index (χ0) is 10.7. The van der Waals surface area contributed by atoms with E-state index in [0.29, 0.717) is 5.82 Å². The van der Waals surface area contributed by atoms with Crippen molar-refractivity contribution in [2.75, 3.05) is 5.32 Å². The van der Waals surface area contributed by atoms with Gasteiger partial charge in [0.25, 0.3) is 0 Å². The van der Waals surface area contributed by atoms with E-state index in [-0.39, 0.29) is 11.8 Å². The van der Waals surface area contributed by atoms with Crippen molar-refractivity contribution in [2.45, 2.75) is 26.8 Å². The lowest BCUT2D eigenvalue weighted by atomic mass is 10.1. The maximum Gasteiger partial charge on any atom is 0.242 e. The van der Waals surface area contributed by atoms with E-state index in [0.717, 1.165) is 5.69 Å². The summed E-state index contributed by atoms with van der Waals surface area (Å²) in [6.45, 7) is 5.67. The number of carbonyl (C=O) groups is 1. The second-order valence-corrected chi connectivity index (χ2v) is 3.70. The van der Waals surface area contributed by atoms with Crippen LogP contribution in [0.4, 0.5) is 5.82 Å². The normalized spacial score (nSPS) is 12.9. The molecule has 0 saturated heterocycles. The highest BCUT2D eigenvalue weighted by Gasteiger charge is 2.17. The number of hydrogen-bond acceptors (Lipinski definition) is 3. The van der Waals surface area contributed by atoms with Crippen molar-refractivity contribution in [3.05, 3.63) is 11.8 Å². The van der Waals surface area contributed by atoms with Crippen molar-refractivity contribution in [1.29, 1.82) is 0 Å². The van der Waals surface area contributed by atoms with E-state index in [4.69, 9.17) is 5.73 Å². The summed E-state index contributed by atoms with van der Waals surface area (Å²) in [7, 11) is 0. The fourth-order valence-electron chi connectivity index (χ4n) is 0.994. The van der Waals surface area contributed by atoms with Crippen LogP contribution in [0, 0.1) is 12.8 Å². The molecule has 1 aromatic heterocycles. The molecule has 0 aliphatic heterocycles. The topological polar surface area (TPSA) is 83.8 Å². The Morgan fingerprint density at radius 3 is 2.71 bits per heavy atom. The number of aryl methyl sites for hydroxylation is 1. The van der Waals surface area contributed by atoms with Crippen LogP contribution in [0.1, 0.15) is 19.5 Å². The molecule has 1 rings (SSSR count).